The van der Waals surface area contributed by atoms with Gasteiger partial charge >= 0.3 is 0 Å². The minimum atomic E-state index is 0.340. The van der Waals surface area contributed by atoms with Gasteiger partial charge < -0.3 is 15.4 Å². The molecule has 2 aliphatic rings. The van der Waals surface area contributed by atoms with Crippen molar-refractivity contribution in [2.24, 2.45) is 0 Å². The number of benzene rings is 1. The molecule has 0 aliphatic carbocycles. The Hall–Kier alpha value is -2.14. The first-order valence-electron chi connectivity index (χ1n) is 7.37. The summed E-state index contributed by atoms with van der Waals surface area (Å²) in [5.74, 6) is 0.796. The minimum absolute atomic E-state index is 0.340. The molecule has 2 bridgehead atoms. The fourth-order valence-electron chi connectivity index (χ4n) is 3.09. The van der Waals surface area contributed by atoms with Crippen LogP contribution in [0.15, 0.2) is 36.5 Å². The highest BCUT2D eigenvalue weighted by Gasteiger charge is 2.34. The van der Waals surface area contributed by atoms with Crippen LogP contribution in [0, 0.1) is 0 Å². The average molecular weight is 282 g/mol. The number of ether oxygens (including phenoxy) is 1. The normalized spacial score (nSPS) is 24.3. The monoisotopic (exact) mass is 282 g/mol. The van der Waals surface area contributed by atoms with Crippen molar-refractivity contribution in [3.8, 4) is 11.3 Å². The number of nitrogens with zero attached hydrogens (tertiary/aromatic N) is 3. The van der Waals surface area contributed by atoms with Gasteiger partial charge in [-0.05, 0) is 31.0 Å². The minimum Gasteiger partial charge on any atom is -0.399 e. The first kappa shape index (κ1) is 12.6. The Morgan fingerprint density at radius 3 is 2.48 bits per heavy atom. The number of morpholine rings is 1. The fraction of sp³-hybridized carbons (Fsp3) is 0.375. The van der Waals surface area contributed by atoms with Crippen LogP contribution in [0.5, 0.6) is 0 Å². The van der Waals surface area contributed by atoms with E-state index in [4.69, 9.17) is 15.5 Å². The number of hydrogen-bond donors (Lipinski definition) is 1. The van der Waals surface area contributed by atoms with Gasteiger partial charge in [-0.3, -0.25) is 0 Å². The van der Waals surface area contributed by atoms with Gasteiger partial charge in [0.25, 0.3) is 0 Å². The van der Waals surface area contributed by atoms with Gasteiger partial charge in [-0.1, -0.05) is 12.1 Å². The molecule has 2 N–H and O–H groups in total. The number of anilines is 2. The average Bonchev–Trinajstić information content (AvgIpc) is 2.86. The summed E-state index contributed by atoms with van der Waals surface area (Å²) in [7, 11) is 0. The van der Waals surface area contributed by atoms with Crippen LogP contribution >= 0.6 is 0 Å². The molecule has 0 amide bonds. The van der Waals surface area contributed by atoms with E-state index in [0.717, 1.165) is 48.8 Å². The van der Waals surface area contributed by atoms with Gasteiger partial charge in [-0.15, -0.1) is 0 Å². The van der Waals surface area contributed by atoms with E-state index < -0.39 is 0 Å². The number of nitrogens with two attached hydrogens (primary N) is 1. The Morgan fingerprint density at radius 1 is 1.05 bits per heavy atom. The van der Waals surface area contributed by atoms with E-state index >= 15 is 0 Å². The maximum atomic E-state index is 5.87. The number of aromatic nitrogens is 2. The van der Waals surface area contributed by atoms with Gasteiger partial charge in [-0.2, -0.15) is 0 Å². The molecule has 5 nitrogen and oxygen atoms in total. The second-order valence-corrected chi connectivity index (χ2v) is 5.73. The molecular weight excluding hydrogens is 264 g/mol. The second kappa shape index (κ2) is 5.00. The van der Waals surface area contributed by atoms with Crippen molar-refractivity contribution in [3.05, 3.63) is 36.5 Å². The van der Waals surface area contributed by atoms with Crippen LogP contribution in [-0.2, 0) is 4.74 Å². The molecule has 0 spiro atoms. The molecule has 108 valence electrons. The molecule has 4 rings (SSSR count). The third-order valence-electron chi connectivity index (χ3n) is 4.18. The third-order valence-corrected chi connectivity index (χ3v) is 4.18. The lowest BCUT2D eigenvalue weighted by atomic mass is 10.1. The van der Waals surface area contributed by atoms with Crippen molar-refractivity contribution in [2.45, 2.75) is 25.0 Å². The number of rotatable bonds is 2. The fourth-order valence-corrected chi connectivity index (χ4v) is 3.09. The Labute approximate surface area is 123 Å². The molecule has 1 aromatic heterocycles. The van der Waals surface area contributed by atoms with E-state index in [1.807, 2.05) is 36.5 Å². The largest absolute Gasteiger partial charge is 0.399 e. The van der Waals surface area contributed by atoms with E-state index in [0.29, 0.717) is 12.2 Å². The molecule has 2 unspecified atom stereocenters. The van der Waals surface area contributed by atoms with Crippen molar-refractivity contribution in [1.29, 1.82) is 0 Å². The predicted octanol–water partition coefficient (Wildman–Crippen LogP) is 2.09. The van der Waals surface area contributed by atoms with E-state index in [1.165, 1.54) is 0 Å². The molecule has 0 radical (unpaired) electrons. The van der Waals surface area contributed by atoms with Gasteiger partial charge in [0.2, 0.25) is 5.95 Å². The predicted molar refractivity (Wildman–Crippen MR) is 82.0 cm³/mol. The van der Waals surface area contributed by atoms with Crippen LogP contribution in [0.25, 0.3) is 11.3 Å². The number of fused-ring (bicyclic) bond motifs is 2. The molecule has 2 aliphatic heterocycles. The quantitative estimate of drug-likeness (QED) is 0.854. The molecule has 2 aromatic rings. The first-order chi connectivity index (χ1) is 10.3. The maximum absolute atomic E-state index is 5.87. The standard InChI is InChI=1S/C16H18N4O/c17-12-3-1-11(2-4-12)15-7-8-18-16(19-15)20-9-13-5-6-14(10-20)21-13/h1-4,7-8,13-14H,5-6,9-10,17H2. The van der Waals surface area contributed by atoms with Crippen molar-refractivity contribution in [1.82, 2.24) is 9.97 Å². The number of hydrogen-bond acceptors (Lipinski definition) is 5. The lowest BCUT2D eigenvalue weighted by Gasteiger charge is -2.32. The summed E-state index contributed by atoms with van der Waals surface area (Å²) in [4.78, 5) is 11.4. The summed E-state index contributed by atoms with van der Waals surface area (Å²) in [6, 6.07) is 9.71. The number of nitrogen functional groups attached to an aromatic ring is 1. The lowest BCUT2D eigenvalue weighted by molar-refractivity contribution is 0.0299. The molecule has 1 aromatic carbocycles. The Bertz CT molecular complexity index is 631. The van der Waals surface area contributed by atoms with Gasteiger partial charge in [-0.25, -0.2) is 9.97 Å². The zero-order chi connectivity index (χ0) is 14.2. The van der Waals surface area contributed by atoms with Crippen molar-refractivity contribution in [3.63, 3.8) is 0 Å². The summed E-state index contributed by atoms with van der Waals surface area (Å²) in [5.41, 5.74) is 8.48. The third kappa shape index (κ3) is 2.45. The summed E-state index contributed by atoms with van der Waals surface area (Å²) < 4.78 is 5.87. The SMILES string of the molecule is Nc1ccc(-c2ccnc(N3CC4CCC(C3)O4)n2)cc1. The van der Waals surface area contributed by atoms with Crippen LogP contribution in [0.4, 0.5) is 11.6 Å². The topological polar surface area (TPSA) is 64.3 Å². The van der Waals surface area contributed by atoms with Crippen LogP contribution in [-0.4, -0.2) is 35.3 Å². The van der Waals surface area contributed by atoms with Crippen molar-refractivity contribution >= 4 is 11.6 Å². The maximum Gasteiger partial charge on any atom is 0.226 e. The molecule has 3 heterocycles. The summed E-state index contributed by atoms with van der Waals surface area (Å²) >= 11 is 0. The highest BCUT2D eigenvalue weighted by Crippen LogP contribution is 2.29. The van der Waals surface area contributed by atoms with Crippen LogP contribution in [0.2, 0.25) is 0 Å². The second-order valence-electron chi connectivity index (χ2n) is 5.73. The molecule has 2 saturated heterocycles. The molecule has 21 heavy (non-hydrogen) atoms. The van der Waals surface area contributed by atoms with Gasteiger partial charge in [0.15, 0.2) is 0 Å². The molecular formula is C16H18N4O. The molecule has 5 heteroatoms. The summed E-state index contributed by atoms with van der Waals surface area (Å²) in [6.45, 7) is 1.78. The molecule has 2 fully saturated rings. The van der Waals surface area contributed by atoms with Crippen LogP contribution in [0.1, 0.15) is 12.8 Å². The van der Waals surface area contributed by atoms with E-state index in [-0.39, 0.29) is 0 Å². The first-order valence-corrected chi connectivity index (χ1v) is 7.37. The van der Waals surface area contributed by atoms with E-state index in [1.54, 1.807) is 0 Å². The Kier molecular flexibility index (Phi) is 3.00. The zero-order valence-electron chi connectivity index (χ0n) is 11.8. The van der Waals surface area contributed by atoms with Crippen LogP contribution < -0.4 is 10.6 Å². The van der Waals surface area contributed by atoms with Gasteiger partial charge in [0.05, 0.1) is 17.9 Å². The Morgan fingerprint density at radius 2 is 1.76 bits per heavy atom. The van der Waals surface area contributed by atoms with E-state index in [2.05, 4.69) is 9.88 Å². The zero-order valence-corrected chi connectivity index (χ0v) is 11.8. The summed E-state index contributed by atoms with van der Waals surface area (Å²) in [5, 5.41) is 0. The van der Waals surface area contributed by atoms with Crippen molar-refractivity contribution < 1.29 is 4.74 Å². The molecule has 2 atom stereocenters. The highest BCUT2D eigenvalue weighted by atomic mass is 16.5. The Balaban J connectivity index is 1.62. The van der Waals surface area contributed by atoms with Gasteiger partial charge in [0, 0.05) is 30.5 Å². The summed E-state index contributed by atoms with van der Waals surface area (Å²) in [6.07, 6.45) is 4.81. The lowest BCUT2D eigenvalue weighted by Crippen LogP contribution is -2.43. The van der Waals surface area contributed by atoms with Crippen LogP contribution in [0.3, 0.4) is 0 Å². The van der Waals surface area contributed by atoms with E-state index in [9.17, 15) is 0 Å². The highest BCUT2D eigenvalue weighted by molar-refractivity contribution is 5.62. The van der Waals surface area contributed by atoms with Crippen molar-refractivity contribution in [2.75, 3.05) is 23.7 Å². The smallest absolute Gasteiger partial charge is 0.226 e. The molecule has 0 saturated carbocycles. The van der Waals surface area contributed by atoms with Gasteiger partial charge in [0.1, 0.15) is 0 Å².